The standard InChI is InChI=1S/C21H24N4O2S/c1-11-8-9-15-17(10-11)28-20-18(15)21(27)25(24-23-20)14(4)19(26)22-16-7-5-6-12(2)13(16)3/h5-7,11,14H,8-10H2,1-4H3,(H,22,26)/t11-,14+/m0/s1. The summed E-state index contributed by atoms with van der Waals surface area (Å²) in [6.07, 6.45) is 2.95. The van der Waals surface area contributed by atoms with Crippen LogP contribution in [-0.2, 0) is 17.6 Å². The Balaban J connectivity index is 1.68. The fourth-order valence-corrected chi connectivity index (χ4v) is 5.08. The number of fused-ring (bicyclic) bond motifs is 3. The SMILES string of the molecule is Cc1cccc(NC(=O)[C@@H](C)n2nnc3sc4c(c3c2=O)CC[C@H](C)C4)c1C. The summed E-state index contributed by atoms with van der Waals surface area (Å²) in [5.74, 6) is 0.347. The summed E-state index contributed by atoms with van der Waals surface area (Å²) in [6.45, 7) is 7.88. The van der Waals surface area contributed by atoms with Crippen LogP contribution in [0.5, 0.6) is 0 Å². The molecule has 0 radical (unpaired) electrons. The van der Waals surface area contributed by atoms with E-state index in [1.54, 1.807) is 18.3 Å². The average Bonchev–Trinajstić information content (AvgIpc) is 3.03. The minimum atomic E-state index is -0.748. The maximum absolute atomic E-state index is 13.1. The molecule has 0 unspecified atom stereocenters. The predicted octanol–water partition coefficient (Wildman–Crippen LogP) is 3.79. The van der Waals surface area contributed by atoms with Crippen molar-refractivity contribution in [2.45, 2.75) is 53.0 Å². The molecule has 2 atom stereocenters. The van der Waals surface area contributed by atoms with Gasteiger partial charge in [0.25, 0.3) is 5.56 Å². The van der Waals surface area contributed by atoms with Crippen LogP contribution in [0.25, 0.3) is 10.2 Å². The number of carbonyl (C=O) groups excluding carboxylic acids is 1. The van der Waals surface area contributed by atoms with Crippen molar-refractivity contribution in [3.8, 4) is 0 Å². The summed E-state index contributed by atoms with van der Waals surface area (Å²) < 4.78 is 1.22. The van der Waals surface area contributed by atoms with Crippen LogP contribution in [-0.4, -0.2) is 20.9 Å². The molecule has 1 N–H and O–H groups in total. The molecule has 28 heavy (non-hydrogen) atoms. The fraction of sp³-hybridized carbons (Fsp3) is 0.429. The molecule has 0 spiro atoms. The summed E-state index contributed by atoms with van der Waals surface area (Å²) in [4.78, 5) is 27.9. The maximum atomic E-state index is 13.1. The zero-order valence-corrected chi connectivity index (χ0v) is 17.4. The number of benzene rings is 1. The molecular formula is C21H24N4O2S. The molecule has 146 valence electrons. The van der Waals surface area contributed by atoms with Crippen molar-refractivity contribution >= 4 is 33.1 Å². The van der Waals surface area contributed by atoms with Crippen molar-refractivity contribution in [2.75, 3.05) is 5.32 Å². The second-order valence-electron chi connectivity index (χ2n) is 7.78. The Morgan fingerprint density at radius 2 is 2.14 bits per heavy atom. The molecule has 3 aromatic rings. The highest BCUT2D eigenvalue weighted by molar-refractivity contribution is 7.18. The zero-order valence-electron chi connectivity index (χ0n) is 16.6. The third kappa shape index (κ3) is 3.13. The highest BCUT2D eigenvalue weighted by atomic mass is 32.1. The van der Waals surface area contributed by atoms with E-state index in [1.807, 2.05) is 32.0 Å². The molecule has 6 nitrogen and oxygen atoms in total. The van der Waals surface area contributed by atoms with Gasteiger partial charge in [-0.1, -0.05) is 24.3 Å². The Bertz CT molecular complexity index is 1130. The second-order valence-corrected chi connectivity index (χ2v) is 8.87. The lowest BCUT2D eigenvalue weighted by Crippen LogP contribution is -2.34. The van der Waals surface area contributed by atoms with Crippen LogP contribution in [0, 0.1) is 19.8 Å². The highest BCUT2D eigenvalue weighted by Gasteiger charge is 2.26. The van der Waals surface area contributed by atoms with E-state index in [0.717, 1.165) is 41.6 Å². The van der Waals surface area contributed by atoms with Crippen LogP contribution in [0.3, 0.4) is 0 Å². The number of hydrogen-bond acceptors (Lipinski definition) is 5. The number of rotatable bonds is 3. The van der Waals surface area contributed by atoms with Gasteiger partial charge >= 0.3 is 0 Å². The van der Waals surface area contributed by atoms with E-state index in [4.69, 9.17) is 0 Å². The number of aryl methyl sites for hydroxylation is 2. The van der Waals surface area contributed by atoms with Gasteiger partial charge in [0.2, 0.25) is 5.91 Å². The number of nitrogens with zero attached hydrogens (tertiary/aromatic N) is 3. The molecule has 1 aromatic carbocycles. The molecule has 0 saturated heterocycles. The molecule has 0 fully saturated rings. The van der Waals surface area contributed by atoms with Gasteiger partial charge in [-0.3, -0.25) is 9.59 Å². The van der Waals surface area contributed by atoms with Gasteiger partial charge in [-0.25, -0.2) is 0 Å². The van der Waals surface area contributed by atoms with Crippen LogP contribution in [0.4, 0.5) is 5.69 Å². The lowest BCUT2D eigenvalue weighted by Gasteiger charge is -2.18. The van der Waals surface area contributed by atoms with Gasteiger partial charge in [0.05, 0.1) is 5.39 Å². The third-order valence-electron chi connectivity index (χ3n) is 5.76. The van der Waals surface area contributed by atoms with Gasteiger partial charge in [-0.2, -0.15) is 4.68 Å². The van der Waals surface area contributed by atoms with Crippen molar-refractivity contribution in [2.24, 2.45) is 5.92 Å². The first kappa shape index (κ1) is 18.8. The number of carbonyl (C=O) groups is 1. The quantitative estimate of drug-likeness (QED) is 0.731. The first-order valence-electron chi connectivity index (χ1n) is 9.63. The van der Waals surface area contributed by atoms with E-state index >= 15 is 0 Å². The molecule has 2 aromatic heterocycles. The van der Waals surface area contributed by atoms with Gasteiger partial charge in [-0.05, 0) is 68.7 Å². The minimum Gasteiger partial charge on any atom is -0.324 e. The summed E-state index contributed by atoms with van der Waals surface area (Å²) in [5, 5.41) is 11.9. The van der Waals surface area contributed by atoms with E-state index < -0.39 is 6.04 Å². The Morgan fingerprint density at radius 3 is 2.93 bits per heavy atom. The first-order valence-corrected chi connectivity index (χ1v) is 10.4. The van der Waals surface area contributed by atoms with Gasteiger partial charge in [0.15, 0.2) is 4.83 Å². The van der Waals surface area contributed by atoms with Gasteiger partial charge in [0.1, 0.15) is 6.04 Å². The molecular weight excluding hydrogens is 372 g/mol. The van der Waals surface area contributed by atoms with E-state index in [1.165, 1.54) is 9.56 Å². The number of hydrogen-bond donors (Lipinski definition) is 1. The summed E-state index contributed by atoms with van der Waals surface area (Å²) >= 11 is 1.57. The topological polar surface area (TPSA) is 76.9 Å². The highest BCUT2D eigenvalue weighted by Crippen LogP contribution is 2.35. The largest absolute Gasteiger partial charge is 0.324 e. The van der Waals surface area contributed by atoms with Crippen LogP contribution in [0.1, 0.15) is 47.9 Å². The molecule has 0 saturated carbocycles. The van der Waals surface area contributed by atoms with E-state index in [-0.39, 0.29) is 11.5 Å². The van der Waals surface area contributed by atoms with Gasteiger partial charge in [-0.15, -0.1) is 16.4 Å². The van der Waals surface area contributed by atoms with Crippen molar-refractivity contribution in [3.05, 3.63) is 50.1 Å². The zero-order chi connectivity index (χ0) is 20.0. The predicted molar refractivity (Wildman–Crippen MR) is 112 cm³/mol. The monoisotopic (exact) mass is 396 g/mol. The number of thiophene rings is 1. The molecule has 2 heterocycles. The molecule has 7 heteroatoms. The van der Waals surface area contributed by atoms with Crippen LogP contribution in [0.15, 0.2) is 23.0 Å². The van der Waals surface area contributed by atoms with Gasteiger partial charge in [0, 0.05) is 10.6 Å². The number of nitrogens with one attached hydrogen (secondary N) is 1. The molecule has 1 aliphatic carbocycles. The van der Waals surface area contributed by atoms with Crippen molar-refractivity contribution in [1.82, 2.24) is 15.0 Å². The molecule has 4 rings (SSSR count). The molecule has 0 aliphatic heterocycles. The summed E-state index contributed by atoms with van der Waals surface area (Å²) in [5.41, 5.74) is 3.75. The van der Waals surface area contributed by atoms with Crippen molar-refractivity contribution in [1.29, 1.82) is 0 Å². The fourth-order valence-electron chi connectivity index (χ4n) is 3.76. The second kappa shape index (κ2) is 7.13. The lowest BCUT2D eigenvalue weighted by molar-refractivity contribution is -0.119. The van der Waals surface area contributed by atoms with Crippen LogP contribution in [0.2, 0.25) is 0 Å². The third-order valence-corrected chi connectivity index (χ3v) is 6.89. The van der Waals surface area contributed by atoms with Gasteiger partial charge < -0.3 is 5.32 Å². The number of aromatic nitrogens is 3. The van der Waals surface area contributed by atoms with E-state index in [2.05, 4.69) is 22.6 Å². The first-order chi connectivity index (χ1) is 13.4. The average molecular weight is 397 g/mol. The Hall–Kier alpha value is -2.54. The Kier molecular flexibility index (Phi) is 4.79. The molecule has 0 bridgehead atoms. The lowest BCUT2D eigenvalue weighted by atomic mass is 9.89. The van der Waals surface area contributed by atoms with Crippen molar-refractivity contribution in [3.63, 3.8) is 0 Å². The Morgan fingerprint density at radius 1 is 1.36 bits per heavy atom. The smallest absolute Gasteiger partial charge is 0.279 e. The number of amides is 1. The summed E-state index contributed by atoms with van der Waals surface area (Å²) in [7, 11) is 0. The van der Waals surface area contributed by atoms with Crippen LogP contribution >= 0.6 is 11.3 Å². The minimum absolute atomic E-state index is 0.222. The van der Waals surface area contributed by atoms with E-state index in [9.17, 15) is 9.59 Å². The normalized spacial score (nSPS) is 17.4. The number of anilines is 1. The van der Waals surface area contributed by atoms with Crippen LogP contribution < -0.4 is 10.9 Å². The van der Waals surface area contributed by atoms with Crippen molar-refractivity contribution < 1.29 is 4.79 Å². The summed E-state index contributed by atoms with van der Waals surface area (Å²) in [6, 6.07) is 5.02. The molecule has 1 aliphatic rings. The Labute approximate surface area is 167 Å². The van der Waals surface area contributed by atoms with E-state index in [0.29, 0.717) is 16.1 Å². The maximum Gasteiger partial charge on any atom is 0.279 e. The molecule has 1 amide bonds.